The molecule has 0 aliphatic heterocycles. The molecular weight excluding hydrogens is 346 g/mol. The third-order valence-corrected chi connectivity index (χ3v) is 0. The summed E-state index contributed by atoms with van der Waals surface area (Å²) in [6.07, 6.45) is 0. The lowest BCUT2D eigenvalue weighted by Gasteiger charge is -1.71. The molecule has 0 nitrogen and oxygen atoms in total. The van der Waals surface area contributed by atoms with Gasteiger partial charge in [-0.2, -0.15) is 0 Å². The van der Waals surface area contributed by atoms with Crippen LogP contribution in [0.4, 0.5) is 0 Å². The molecule has 0 amide bonds. The highest BCUT2D eigenvalue weighted by Gasteiger charge is 1.76. The van der Waals surface area contributed by atoms with Crippen LogP contribution in [-0.2, 0) is 0 Å². The lowest BCUT2D eigenvalue weighted by molar-refractivity contribution is 2.41. The van der Waals surface area contributed by atoms with Gasteiger partial charge in [0.25, 0.3) is 0 Å². The van der Waals surface area contributed by atoms with Gasteiger partial charge in [0, 0.05) is 0 Å². The van der Waals surface area contributed by atoms with Gasteiger partial charge in [-0.25, -0.2) is 0 Å². The number of halogens is 3. The highest BCUT2D eigenvalue weighted by molar-refractivity contribution is 14.2. The van der Waals surface area contributed by atoms with E-state index in [2.05, 4.69) is 61.1 Å². The molecule has 0 unspecified atom stereocenters. The molecule has 0 N–H and O–H groups in total. The SMILES string of the molecule is BrC(I)I. The quantitative estimate of drug-likeness (QED) is 0.467. The molecule has 4 heavy (non-hydrogen) atoms. The van der Waals surface area contributed by atoms with Gasteiger partial charge in [-0.3, -0.25) is 0 Å². The van der Waals surface area contributed by atoms with E-state index < -0.39 is 0 Å². The minimum atomic E-state index is 0.586. The van der Waals surface area contributed by atoms with E-state index in [0.29, 0.717) is 0.841 Å². The van der Waals surface area contributed by atoms with Crippen LogP contribution in [0.1, 0.15) is 0 Å². The second-order valence-electron chi connectivity index (χ2n) is 0.247. The van der Waals surface area contributed by atoms with E-state index in [-0.39, 0.29) is 0 Å². The molecule has 0 aromatic rings. The summed E-state index contributed by atoms with van der Waals surface area (Å²) in [6, 6.07) is 0. The Hall–Kier alpha value is 1.94. The fraction of sp³-hybridized carbons (Fsp3) is 1.00. The van der Waals surface area contributed by atoms with Crippen molar-refractivity contribution >= 4 is 61.1 Å². The minimum absolute atomic E-state index is 0.586. The van der Waals surface area contributed by atoms with Crippen molar-refractivity contribution in [3.05, 3.63) is 0 Å². The van der Waals surface area contributed by atoms with Crippen molar-refractivity contribution in [1.82, 2.24) is 0 Å². The highest BCUT2D eigenvalue weighted by atomic mass is 127. The Morgan fingerprint density at radius 1 is 1.50 bits per heavy atom. The summed E-state index contributed by atoms with van der Waals surface area (Å²) in [4.78, 5) is 0. The van der Waals surface area contributed by atoms with E-state index >= 15 is 0 Å². The fourth-order valence-corrected chi connectivity index (χ4v) is 0. The molecule has 0 radical (unpaired) electrons. The Bertz CT molecular complexity index is 10.8. The Morgan fingerprint density at radius 3 is 1.50 bits per heavy atom. The monoisotopic (exact) mass is 346 g/mol. The molecule has 0 aromatic heterocycles. The average Bonchev–Trinajstić information content (AvgIpc) is 0.811. The smallest absolute Gasteiger partial charge is 0.0657 e. The highest BCUT2D eigenvalue weighted by Crippen LogP contribution is 2.15. The second kappa shape index (κ2) is 3.14. The van der Waals surface area contributed by atoms with Crippen LogP contribution in [0.15, 0.2) is 0 Å². The predicted molar refractivity (Wildman–Crippen MR) is 40.8 cm³/mol. The first kappa shape index (κ1) is 5.94. The predicted octanol–water partition coefficient (Wildman–Crippen LogP) is 2.53. The lowest BCUT2D eigenvalue weighted by Crippen LogP contribution is -1.48. The summed E-state index contributed by atoms with van der Waals surface area (Å²) in [7, 11) is 0. The van der Waals surface area contributed by atoms with Crippen molar-refractivity contribution in [2.24, 2.45) is 0 Å². The van der Waals surface area contributed by atoms with Crippen LogP contribution in [0, 0.1) is 0 Å². The zero-order valence-electron chi connectivity index (χ0n) is 1.71. The first-order valence-corrected chi connectivity index (χ1v) is 4.06. The topological polar surface area (TPSA) is 0 Å². The number of rotatable bonds is 0. The Balaban J connectivity index is 2.32. The van der Waals surface area contributed by atoms with E-state index in [9.17, 15) is 0 Å². The van der Waals surface area contributed by atoms with Crippen molar-refractivity contribution in [3.63, 3.8) is 0 Å². The molecule has 0 atom stereocenters. The normalized spacial score (nSPS) is 9.00. The number of alkyl halides is 3. The third-order valence-electron chi connectivity index (χ3n) is 0. The molecule has 0 saturated carbocycles. The van der Waals surface area contributed by atoms with Crippen LogP contribution in [0.3, 0.4) is 0 Å². The van der Waals surface area contributed by atoms with E-state index in [4.69, 9.17) is 0 Å². The maximum Gasteiger partial charge on any atom is 0.117 e. The van der Waals surface area contributed by atoms with E-state index in [1.165, 1.54) is 0 Å². The van der Waals surface area contributed by atoms with Crippen molar-refractivity contribution in [2.45, 2.75) is 0.841 Å². The van der Waals surface area contributed by atoms with Crippen LogP contribution in [0.25, 0.3) is 0 Å². The summed E-state index contributed by atoms with van der Waals surface area (Å²) in [6.45, 7) is 0. The maximum absolute atomic E-state index is 3.24. The summed E-state index contributed by atoms with van der Waals surface area (Å²) in [5.74, 6) is 0. The molecule has 0 aliphatic carbocycles. The zero-order valence-corrected chi connectivity index (χ0v) is 7.61. The van der Waals surface area contributed by atoms with Gasteiger partial charge in [0.1, 0.15) is 0.841 Å². The number of hydrogen-bond donors (Lipinski definition) is 0. The molecule has 0 aliphatic rings. The molecular formula is CHBrI2. The van der Waals surface area contributed by atoms with Gasteiger partial charge < -0.3 is 0 Å². The van der Waals surface area contributed by atoms with Gasteiger partial charge >= 0.3 is 0 Å². The van der Waals surface area contributed by atoms with Crippen LogP contribution < -0.4 is 0 Å². The summed E-state index contributed by atoms with van der Waals surface area (Å²) in [5.41, 5.74) is 0. The van der Waals surface area contributed by atoms with Gasteiger partial charge in [0.2, 0.25) is 0 Å². The molecule has 0 heterocycles. The van der Waals surface area contributed by atoms with Gasteiger partial charge in [0.05, 0.1) is 0 Å². The Morgan fingerprint density at radius 2 is 1.50 bits per heavy atom. The second-order valence-corrected chi connectivity index (χ2v) is 9.46. The van der Waals surface area contributed by atoms with Gasteiger partial charge in [-0.1, -0.05) is 61.1 Å². The maximum atomic E-state index is 3.24. The Labute approximate surface area is 61.1 Å². The molecule has 0 aromatic carbocycles. The lowest BCUT2D eigenvalue weighted by atomic mass is 12.0. The molecule has 0 rings (SSSR count). The standard InChI is InChI=1S/CHBrI2/c2-1(3)4/h1H. The molecule has 0 saturated heterocycles. The van der Waals surface area contributed by atoms with Crippen molar-refractivity contribution in [2.75, 3.05) is 0 Å². The van der Waals surface area contributed by atoms with Crippen LogP contribution in [0.5, 0.6) is 0 Å². The van der Waals surface area contributed by atoms with Crippen molar-refractivity contribution in [1.29, 1.82) is 0 Å². The molecule has 3 heteroatoms. The first-order valence-electron chi connectivity index (χ1n) is 0.655. The summed E-state index contributed by atoms with van der Waals surface area (Å²) >= 11 is 7.74. The largest absolute Gasteiger partial charge is 0.117 e. The molecule has 0 bridgehead atoms. The van der Waals surface area contributed by atoms with Crippen molar-refractivity contribution in [3.8, 4) is 0 Å². The molecule has 0 spiro atoms. The molecule has 0 fully saturated rings. The van der Waals surface area contributed by atoms with E-state index in [0.717, 1.165) is 0 Å². The first-order chi connectivity index (χ1) is 1.73. The van der Waals surface area contributed by atoms with Crippen LogP contribution >= 0.6 is 61.1 Å². The number of hydrogen-bond acceptors (Lipinski definition) is 0. The van der Waals surface area contributed by atoms with Gasteiger partial charge in [-0.05, 0) is 0 Å². The average molecular weight is 347 g/mol. The zero-order chi connectivity index (χ0) is 3.58. The van der Waals surface area contributed by atoms with E-state index in [1.54, 1.807) is 0 Å². The van der Waals surface area contributed by atoms with Gasteiger partial charge in [0.15, 0.2) is 0 Å². The van der Waals surface area contributed by atoms with Gasteiger partial charge in [-0.15, -0.1) is 0 Å². The van der Waals surface area contributed by atoms with Crippen molar-refractivity contribution < 1.29 is 0 Å². The molecule has 26 valence electrons. The minimum Gasteiger partial charge on any atom is -0.0657 e. The Kier molecular flexibility index (Phi) is 4.67. The van der Waals surface area contributed by atoms with Crippen LogP contribution in [-0.4, -0.2) is 0.841 Å². The third kappa shape index (κ3) is 9.05. The summed E-state index contributed by atoms with van der Waals surface area (Å²) in [5, 5.41) is 0. The fourth-order valence-electron chi connectivity index (χ4n) is 0. The summed E-state index contributed by atoms with van der Waals surface area (Å²) < 4.78 is 0.586. The van der Waals surface area contributed by atoms with E-state index in [1.807, 2.05) is 0 Å². The van der Waals surface area contributed by atoms with Crippen LogP contribution in [0.2, 0.25) is 0 Å².